The van der Waals surface area contributed by atoms with Crippen molar-refractivity contribution in [2.45, 2.75) is 32.3 Å². The molecule has 21 heavy (non-hydrogen) atoms. The predicted molar refractivity (Wildman–Crippen MR) is 75.2 cm³/mol. The zero-order chi connectivity index (χ0) is 15.1. The second-order valence-electron chi connectivity index (χ2n) is 4.74. The first kappa shape index (κ1) is 15.1. The number of aliphatic hydroxyl groups is 1. The van der Waals surface area contributed by atoms with Gasteiger partial charge in [-0.2, -0.15) is 4.98 Å². The molecule has 2 rings (SSSR count). The third-order valence-electron chi connectivity index (χ3n) is 2.86. The Morgan fingerprint density at radius 3 is 2.90 bits per heavy atom. The van der Waals surface area contributed by atoms with Gasteiger partial charge >= 0.3 is 0 Å². The number of hydrogen-bond donors (Lipinski definition) is 2. The summed E-state index contributed by atoms with van der Waals surface area (Å²) in [5.41, 5.74) is 0.821. The lowest BCUT2D eigenvalue weighted by molar-refractivity contribution is -0.121. The summed E-state index contributed by atoms with van der Waals surface area (Å²) in [7, 11) is 0. The molecule has 0 aromatic carbocycles. The number of pyridine rings is 1. The molecule has 0 aliphatic carbocycles. The van der Waals surface area contributed by atoms with Gasteiger partial charge < -0.3 is 14.9 Å². The number of hydrogen-bond acceptors (Lipinski definition) is 6. The van der Waals surface area contributed by atoms with E-state index in [1.807, 2.05) is 0 Å². The first-order valence-corrected chi connectivity index (χ1v) is 6.83. The number of aliphatic hydroxyl groups excluding tert-OH is 1. The summed E-state index contributed by atoms with van der Waals surface area (Å²) in [6, 6.07) is 3.58. The maximum Gasteiger partial charge on any atom is 0.227 e. The van der Waals surface area contributed by atoms with E-state index < -0.39 is 6.10 Å². The average Bonchev–Trinajstić information content (AvgIpc) is 2.94. The highest BCUT2D eigenvalue weighted by Crippen LogP contribution is 2.14. The van der Waals surface area contributed by atoms with Crippen LogP contribution in [-0.2, 0) is 11.2 Å². The van der Waals surface area contributed by atoms with Gasteiger partial charge in [0, 0.05) is 37.3 Å². The molecule has 0 bridgehead atoms. The molecular formula is C14H18N4O3. The van der Waals surface area contributed by atoms with E-state index in [4.69, 9.17) is 9.63 Å². The molecule has 7 nitrogen and oxygen atoms in total. The minimum Gasteiger partial charge on any atom is -0.393 e. The Kier molecular flexibility index (Phi) is 5.39. The largest absolute Gasteiger partial charge is 0.393 e. The van der Waals surface area contributed by atoms with Crippen molar-refractivity contribution < 1.29 is 14.4 Å². The van der Waals surface area contributed by atoms with Crippen LogP contribution >= 0.6 is 0 Å². The Hall–Kier alpha value is -2.28. The van der Waals surface area contributed by atoms with Crippen molar-refractivity contribution >= 4 is 5.91 Å². The van der Waals surface area contributed by atoms with E-state index in [0.29, 0.717) is 31.1 Å². The van der Waals surface area contributed by atoms with Gasteiger partial charge in [0.25, 0.3) is 0 Å². The van der Waals surface area contributed by atoms with Crippen molar-refractivity contribution in [2.75, 3.05) is 6.54 Å². The molecule has 2 aromatic heterocycles. The molecular weight excluding hydrogens is 272 g/mol. The van der Waals surface area contributed by atoms with Crippen LogP contribution in [0.2, 0.25) is 0 Å². The van der Waals surface area contributed by atoms with Crippen LogP contribution in [0, 0.1) is 0 Å². The van der Waals surface area contributed by atoms with E-state index in [0.717, 1.165) is 5.56 Å². The smallest absolute Gasteiger partial charge is 0.227 e. The molecule has 112 valence electrons. The lowest BCUT2D eigenvalue weighted by atomic mass is 10.2. The number of rotatable bonds is 7. The molecule has 1 unspecified atom stereocenters. The molecule has 7 heteroatoms. The Balaban J connectivity index is 1.79. The van der Waals surface area contributed by atoms with Crippen LogP contribution in [0.25, 0.3) is 11.4 Å². The van der Waals surface area contributed by atoms with Gasteiger partial charge in [-0.3, -0.25) is 9.78 Å². The summed E-state index contributed by atoms with van der Waals surface area (Å²) in [5.74, 6) is 0.814. The summed E-state index contributed by atoms with van der Waals surface area (Å²) in [6.07, 6.45) is 4.10. The Labute approximate surface area is 122 Å². The fourth-order valence-corrected chi connectivity index (χ4v) is 1.70. The Bertz CT molecular complexity index is 569. The second kappa shape index (κ2) is 7.49. The standard InChI is InChI=1S/C14H18N4O3/c1-10(19)4-9-16-12(20)2-3-13-17-14(18-21-13)11-5-7-15-8-6-11/h5-8,10,19H,2-4,9H2,1H3,(H,16,20). The number of nitrogens with zero attached hydrogens (tertiary/aromatic N) is 3. The highest BCUT2D eigenvalue weighted by Gasteiger charge is 2.10. The number of nitrogens with one attached hydrogen (secondary N) is 1. The van der Waals surface area contributed by atoms with Crippen LogP contribution in [0.3, 0.4) is 0 Å². The van der Waals surface area contributed by atoms with Crippen LogP contribution in [0.15, 0.2) is 29.0 Å². The van der Waals surface area contributed by atoms with Crippen molar-refractivity contribution in [1.82, 2.24) is 20.4 Å². The van der Waals surface area contributed by atoms with Gasteiger partial charge in [0.1, 0.15) is 0 Å². The molecule has 0 saturated carbocycles. The molecule has 0 fully saturated rings. The summed E-state index contributed by atoms with van der Waals surface area (Å²) < 4.78 is 5.11. The highest BCUT2D eigenvalue weighted by atomic mass is 16.5. The maximum atomic E-state index is 11.6. The topological polar surface area (TPSA) is 101 Å². The van der Waals surface area contributed by atoms with Gasteiger partial charge in [0.2, 0.25) is 17.6 Å². The van der Waals surface area contributed by atoms with Crippen molar-refractivity contribution in [3.05, 3.63) is 30.4 Å². The van der Waals surface area contributed by atoms with Gasteiger partial charge in [-0.05, 0) is 25.5 Å². The molecule has 1 amide bonds. The summed E-state index contributed by atoms with van der Waals surface area (Å²) in [5, 5.41) is 15.7. The minimum absolute atomic E-state index is 0.0979. The molecule has 0 aliphatic rings. The molecule has 0 radical (unpaired) electrons. The van der Waals surface area contributed by atoms with Crippen LogP contribution in [0.1, 0.15) is 25.7 Å². The quantitative estimate of drug-likeness (QED) is 0.787. The van der Waals surface area contributed by atoms with Crippen LogP contribution < -0.4 is 5.32 Å². The molecule has 0 saturated heterocycles. The third kappa shape index (κ3) is 4.96. The van der Waals surface area contributed by atoms with Gasteiger partial charge in [-0.15, -0.1) is 0 Å². The monoisotopic (exact) mass is 290 g/mol. The summed E-state index contributed by atoms with van der Waals surface area (Å²) in [6.45, 7) is 2.15. The molecule has 1 atom stereocenters. The van der Waals surface area contributed by atoms with Crippen LogP contribution in [0.5, 0.6) is 0 Å². The summed E-state index contributed by atoms with van der Waals surface area (Å²) in [4.78, 5) is 19.7. The Morgan fingerprint density at radius 1 is 1.43 bits per heavy atom. The Morgan fingerprint density at radius 2 is 2.19 bits per heavy atom. The van der Waals surface area contributed by atoms with Gasteiger partial charge in [-0.25, -0.2) is 0 Å². The van der Waals surface area contributed by atoms with E-state index in [1.165, 1.54) is 0 Å². The second-order valence-corrected chi connectivity index (χ2v) is 4.74. The number of amides is 1. The van der Waals surface area contributed by atoms with Crippen molar-refractivity contribution in [2.24, 2.45) is 0 Å². The van der Waals surface area contributed by atoms with Gasteiger partial charge in [0.05, 0.1) is 6.10 Å². The predicted octanol–water partition coefficient (Wildman–Crippen LogP) is 0.951. The zero-order valence-corrected chi connectivity index (χ0v) is 11.8. The number of carbonyl (C=O) groups is 1. The fraction of sp³-hybridized carbons (Fsp3) is 0.429. The van der Waals surface area contributed by atoms with Crippen molar-refractivity contribution in [3.8, 4) is 11.4 Å². The average molecular weight is 290 g/mol. The molecule has 2 N–H and O–H groups in total. The first-order chi connectivity index (χ1) is 10.1. The SMILES string of the molecule is CC(O)CCNC(=O)CCc1nc(-c2ccncc2)no1. The van der Waals surface area contributed by atoms with E-state index in [1.54, 1.807) is 31.5 Å². The van der Waals surface area contributed by atoms with E-state index in [9.17, 15) is 4.79 Å². The summed E-state index contributed by atoms with van der Waals surface area (Å²) >= 11 is 0. The molecule has 2 aromatic rings. The number of aryl methyl sites for hydroxylation is 1. The molecule has 0 aliphatic heterocycles. The van der Waals surface area contributed by atoms with Crippen molar-refractivity contribution in [1.29, 1.82) is 0 Å². The highest BCUT2D eigenvalue weighted by molar-refractivity contribution is 5.75. The van der Waals surface area contributed by atoms with E-state index >= 15 is 0 Å². The molecule has 2 heterocycles. The van der Waals surface area contributed by atoms with E-state index in [-0.39, 0.29) is 12.3 Å². The van der Waals surface area contributed by atoms with Crippen LogP contribution in [0.4, 0.5) is 0 Å². The third-order valence-corrected chi connectivity index (χ3v) is 2.86. The minimum atomic E-state index is -0.413. The normalized spacial score (nSPS) is 12.1. The lowest BCUT2D eigenvalue weighted by Crippen LogP contribution is -2.26. The van der Waals surface area contributed by atoms with Crippen molar-refractivity contribution in [3.63, 3.8) is 0 Å². The van der Waals surface area contributed by atoms with Crippen LogP contribution in [-0.4, -0.2) is 38.8 Å². The fourth-order valence-electron chi connectivity index (χ4n) is 1.70. The lowest BCUT2D eigenvalue weighted by Gasteiger charge is -2.05. The van der Waals surface area contributed by atoms with E-state index in [2.05, 4.69) is 20.4 Å². The maximum absolute atomic E-state index is 11.6. The van der Waals surface area contributed by atoms with Gasteiger partial charge in [0.15, 0.2) is 0 Å². The number of aromatic nitrogens is 3. The molecule has 0 spiro atoms. The number of carbonyl (C=O) groups excluding carboxylic acids is 1. The zero-order valence-electron chi connectivity index (χ0n) is 11.8. The van der Waals surface area contributed by atoms with Gasteiger partial charge in [-0.1, -0.05) is 5.16 Å². The first-order valence-electron chi connectivity index (χ1n) is 6.83.